The number of benzene rings is 1. The van der Waals surface area contributed by atoms with Crippen LogP contribution < -0.4 is 9.64 Å². The average molecular weight is 330 g/mol. The van der Waals surface area contributed by atoms with Gasteiger partial charge in [-0.05, 0) is 62.2 Å². The van der Waals surface area contributed by atoms with Crippen LogP contribution in [0.15, 0.2) is 18.2 Å². The van der Waals surface area contributed by atoms with Crippen LogP contribution in [-0.4, -0.2) is 44.6 Å². The third-order valence-electron chi connectivity index (χ3n) is 5.45. The summed E-state index contributed by atoms with van der Waals surface area (Å²) in [6.45, 7) is 9.36. The van der Waals surface area contributed by atoms with E-state index in [2.05, 4.69) is 44.9 Å². The highest BCUT2D eigenvalue weighted by Gasteiger charge is 2.46. The molecule has 1 fully saturated rings. The number of hydrogen-bond acceptors (Lipinski definition) is 3. The van der Waals surface area contributed by atoms with Crippen LogP contribution >= 0.6 is 0 Å². The zero-order chi connectivity index (χ0) is 17.5. The first-order chi connectivity index (χ1) is 11.2. The lowest BCUT2D eigenvalue weighted by Crippen LogP contribution is -2.45. The highest BCUT2D eigenvalue weighted by molar-refractivity contribution is 5.96. The van der Waals surface area contributed by atoms with Gasteiger partial charge in [-0.25, -0.2) is 0 Å². The van der Waals surface area contributed by atoms with Crippen LogP contribution in [0.3, 0.4) is 0 Å². The van der Waals surface area contributed by atoms with Crippen molar-refractivity contribution < 1.29 is 9.53 Å². The number of carbonyl (C=O) groups is 1. The van der Waals surface area contributed by atoms with Crippen LogP contribution in [0, 0.1) is 5.41 Å². The minimum Gasteiger partial charge on any atom is -0.497 e. The largest absolute Gasteiger partial charge is 0.497 e. The van der Waals surface area contributed by atoms with Crippen LogP contribution in [0.4, 0.5) is 5.69 Å². The second-order valence-electron chi connectivity index (χ2n) is 8.68. The number of carbonyl (C=O) groups excluding carboxylic acids is 1. The van der Waals surface area contributed by atoms with E-state index in [1.54, 1.807) is 7.11 Å². The van der Waals surface area contributed by atoms with E-state index < -0.39 is 0 Å². The first kappa shape index (κ1) is 17.3. The molecule has 132 valence electrons. The number of likely N-dealkylation sites (tertiary alicyclic amines) is 1. The van der Waals surface area contributed by atoms with Gasteiger partial charge in [0.2, 0.25) is 5.91 Å². The summed E-state index contributed by atoms with van der Waals surface area (Å²) in [5, 5.41) is 0. The van der Waals surface area contributed by atoms with Gasteiger partial charge >= 0.3 is 0 Å². The highest BCUT2D eigenvalue weighted by atomic mass is 16.5. The smallest absolute Gasteiger partial charge is 0.227 e. The van der Waals surface area contributed by atoms with E-state index in [1.165, 1.54) is 5.56 Å². The zero-order valence-corrected chi connectivity index (χ0v) is 15.7. The fourth-order valence-electron chi connectivity index (χ4n) is 4.02. The van der Waals surface area contributed by atoms with E-state index in [9.17, 15) is 4.79 Å². The van der Waals surface area contributed by atoms with Crippen molar-refractivity contribution in [2.45, 2.75) is 45.4 Å². The van der Waals surface area contributed by atoms with Crippen LogP contribution in [0.2, 0.25) is 0 Å². The Bertz CT molecular complexity index is 625. The van der Waals surface area contributed by atoms with Crippen molar-refractivity contribution in [1.29, 1.82) is 0 Å². The van der Waals surface area contributed by atoms with Crippen LogP contribution in [0.25, 0.3) is 0 Å². The Morgan fingerprint density at radius 3 is 2.50 bits per heavy atom. The van der Waals surface area contributed by atoms with Gasteiger partial charge in [-0.3, -0.25) is 4.79 Å². The van der Waals surface area contributed by atoms with E-state index >= 15 is 0 Å². The summed E-state index contributed by atoms with van der Waals surface area (Å²) < 4.78 is 5.46. The molecule has 1 aromatic rings. The Hall–Kier alpha value is -1.55. The molecule has 2 aliphatic heterocycles. The molecule has 24 heavy (non-hydrogen) atoms. The number of rotatable bonds is 2. The van der Waals surface area contributed by atoms with Gasteiger partial charge in [0, 0.05) is 24.1 Å². The van der Waals surface area contributed by atoms with Crippen LogP contribution in [0.1, 0.15) is 45.6 Å². The molecule has 1 spiro atoms. The number of piperidine rings is 1. The van der Waals surface area contributed by atoms with Crippen molar-refractivity contribution in [3.8, 4) is 5.75 Å². The van der Waals surface area contributed by atoms with Gasteiger partial charge in [-0.1, -0.05) is 20.8 Å². The lowest BCUT2D eigenvalue weighted by atomic mass is 9.74. The van der Waals surface area contributed by atoms with Crippen molar-refractivity contribution >= 4 is 11.6 Å². The molecule has 0 atom stereocenters. The topological polar surface area (TPSA) is 32.8 Å². The van der Waals surface area contributed by atoms with Crippen LogP contribution in [-0.2, 0) is 10.2 Å². The fourth-order valence-corrected chi connectivity index (χ4v) is 4.02. The van der Waals surface area contributed by atoms with Gasteiger partial charge in [0.15, 0.2) is 0 Å². The first-order valence-corrected chi connectivity index (χ1v) is 8.92. The number of anilines is 1. The third-order valence-corrected chi connectivity index (χ3v) is 5.45. The number of hydrogen-bond donors (Lipinski definition) is 0. The SMILES string of the molecule is COc1ccc2c(c1)C1(CCN(C)CC1)CN2C(=O)CC(C)(C)C. The Labute approximate surface area is 145 Å². The minimum atomic E-state index is 0.00620. The molecule has 2 aliphatic rings. The molecule has 3 rings (SSSR count). The molecule has 1 amide bonds. The van der Waals surface area contributed by atoms with Gasteiger partial charge in [0.05, 0.1) is 7.11 Å². The van der Waals surface area contributed by atoms with Crippen molar-refractivity contribution in [1.82, 2.24) is 4.90 Å². The number of fused-ring (bicyclic) bond motifs is 2. The molecule has 0 saturated carbocycles. The summed E-state index contributed by atoms with van der Waals surface area (Å²) in [6.07, 6.45) is 2.78. The molecule has 1 aromatic carbocycles. The highest BCUT2D eigenvalue weighted by Crippen LogP contribution is 2.48. The summed E-state index contributed by atoms with van der Waals surface area (Å²) in [4.78, 5) is 17.4. The van der Waals surface area contributed by atoms with E-state index in [0.29, 0.717) is 6.42 Å². The second kappa shape index (κ2) is 6.07. The molecule has 0 aromatic heterocycles. The summed E-state index contributed by atoms with van der Waals surface area (Å²) >= 11 is 0. The summed E-state index contributed by atoms with van der Waals surface area (Å²) in [6, 6.07) is 6.21. The monoisotopic (exact) mass is 330 g/mol. The third kappa shape index (κ3) is 3.16. The van der Waals surface area contributed by atoms with Crippen molar-refractivity contribution in [2.24, 2.45) is 5.41 Å². The van der Waals surface area contributed by atoms with Gasteiger partial charge in [-0.15, -0.1) is 0 Å². The second-order valence-corrected chi connectivity index (χ2v) is 8.68. The molecule has 0 unspecified atom stereocenters. The van der Waals surface area contributed by atoms with Crippen molar-refractivity contribution in [3.05, 3.63) is 23.8 Å². The minimum absolute atomic E-state index is 0.00620. The molecule has 0 N–H and O–H groups in total. The zero-order valence-electron chi connectivity index (χ0n) is 15.7. The Morgan fingerprint density at radius 1 is 1.25 bits per heavy atom. The van der Waals surface area contributed by atoms with E-state index in [0.717, 1.165) is 43.9 Å². The molecule has 0 radical (unpaired) electrons. The number of nitrogens with zero attached hydrogens (tertiary/aromatic N) is 2. The Balaban J connectivity index is 1.97. The summed E-state index contributed by atoms with van der Waals surface area (Å²) in [7, 11) is 3.89. The quantitative estimate of drug-likeness (QED) is 0.833. The average Bonchev–Trinajstić information content (AvgIpc) is 2.83. The molecular formula is C20H30N2O2. The molecular weight excluding hydrogens is 300 g/mol. The van der Waals surface area contributed by atoms with E-state index in [4.69, 9.17) is 4.74 Å². The van der Waals surface area contributed by atoms with Gasteiger partial charge in [0.1, 0.15) is 5.75 Å². The summed E-state index contributed by atoms with van der Waals surface area (Å²) in [5.41, 5.74) is 2.49. The maximum atomic E-state index is 13.0. The number of ether oxygens (including phenoxy) is 1. The predicted octanol–water partition coefficient (Wildman–Crippen LogP) is 3.44. The standard InChI is InChI=1S/C20H30N2O2/c1-19(2,3)13-18(23)22-14-20(8-10-21(4)11-9-20)16-12-15(24-5)6-7-17(16)22/h6-7,12H,8-11,13-14H2,1-5H3. The molecule has 2 heterocycles. The Kier molecular flexibility index (Phi) is 4.37. The van der Waals surface area contributed by atoms with E-state index in [1.807, 2.05) is 11.0 Å². The van der Waals surface area contributed by atoms with Crippen LogP contribution in [0.5, 0.6) is 5.75 Å². The molecule has 0 bridgehead atoms. The van der Waals surface area contributed by atoms with Gasteiger partial charge in [0.25, 0.3) is 0 Å². The number of methoxy groups -OCH3 is 1. The maximum Gasteiger partial charge on any atom is 0.227 e. The van der Waals surface area contributed by atoms with Gasteiger partial charge in [-0.2, -0.15) is 0 Å². The number of amides is 1. The van der Waals surface area contributed by atoms with Crippen molar-refractivity contribution in [3.63, 3.8) is 0 Å². The molecule has 4 nitrogen and oxygen atoms in total. The Morgan fingerprint density at radius 2 is 1.92 bits per heavy atom. The fraction of sp³-hybridized carbons (Fsp3) is 0.650. The van der Waals surface area contributed by atoms with E-state index in [-0.39, 0.29) is 16.7 Å². The lowest BCUT2D eigenvalue weighted by molar-refractivity contribution is -0.120. The van der Waals surface area contributed by atoms with Crippen molar-refractivity contribution in [2.75, 3.05) is 38.7 Å². The lowest BCUT2D eigenvalue weighted by Gasteiger charge is -2.38. The van der Waals surface area contributed by atoms with Gasteiger partial charge < -0.3 is 14.5 Å². The normalized spacial score (nSPS) is 20.3. The summed E-state index contributed by atoms with van der Waals surface area (Å²) in [5.74, 6) is 1.13. The maximum absolute atomic E-state index is 13.0. The predicted molar refractivity (Wildman–Crippen MR) is 97.8 cm³/mol. The first-order valence-electron chi connectivity index (χ1n) is 8.92. The molecule has 1 saturated heterocycles. The molecule has 0 aliphatic carbocycles. The molecule has 4 heteroatoms.